The number of aromatic nitrogens is 4. The summed E-state index contributed by atoms with van der Waals surface area (Å²) in [7, 11) is 2.71. The quantitative estimate of drug-likeness (QED) is 0.436. The Bertz CT molecular complexity index is 1500. The molecule has 9 nitrogen and oxygen atoms in total. The van der Waals surface area contributed by atoms with Gasteiger partial charge in [-0.25, -0.2) is 19.6 Å². The van der Waals surface area contributed by atoms with Crippen molar-refractivity contribution in [2.24, 2.45) is 7.05 Å². The number of ether oxygens (including phenoxy) is 1. The average molecular weight is 455 g/mol. The molecule has 0 fully saturated rings. The van der Waals surface area contributed by atoms with E-state index in [1.807, 2.05) is 0 Å². The van der Waals surface area contributed by atoms with Crippen LogP contribution in [0, 0.1) is 13.8 Å². The summed E-state index contributed by atoms with van der Waals surface area (Å²) < 4.78 is 12.8. The molecule has 164 valence electrons. The molecule has 0 spiro atoms. The minimum atomic E-state index is -0.693. The summed E-state index contributed by atoms with van der Waals surface area (Å²) in [5, 5.41) is 0.459. The second-order valence-electron chi connectivity index (χ2n) is 7.24. The molecule has 0 unspecified atom stereocenters. The molecule has 4 rings (SSSR count). The maximum atomic E-state index is 13.3. The summed E-state index contributed by atoms with van der Waals surface area (Å²) in [4.78, 5) is 47.4. The van der Waals surface area contributed by atoms with Gasteiger partial charge in [0.1, 0.15) is 17.1 Å². The van der Waals surface area contributed by atoms with E-state index in [0.717, 1.165) is 4.57 Å². The zero-order valence-electron chi connectivity index (χ0n) is 17.8. The lowest BCUT2D eigenvalue weighted by Gasteiger charge is -2.12. The monoisotopic (exact) mass is 454 g/mol. The molecule has 3 heterocycles. The van der Waals surface area contributed by atoms with Gasteiger partial charge in [-0.3, -0.25) is 13.9 Å². The Kier molecular flexibility index (Phi) is 5.43. The standard InChI is InChI=1S/C22H19ClN4O5/c1-11-9-14(21(29)31-4)17-18(24-11)26(3)22(30)27(20(17)28)10-16-12(2)32-19(25-16)13-7-5-6-8-15(13)23/h5-9H,10H2,1-4H3. The Morgan fingerprint density at radius 1 is 1.19 bits per heavy atom. The predicted octanol–water partition coefficient (Wildman–Crippen LogP) is 2.86. The summed E-state index contributed by atoms with van der Waals surface area (Å²) in [6.45, 7) is 3.19. The minimum Gasteiger partial charge on any atom is -0.465 e. The third kappa shape index (κ3) is 3.50. The number of methoxy groups -OCH3 is 1. The number of esters is 1. The predicted molar refractivity (Wildman–Crippen MR) is 118 cm³/mol. The molecule has 10 heteroatoms. The maximum Gasteiger partial charge on any atom is 0.338 e. The van der Waals surface area contributed by atoms with Crippen molar-refractivity contribution in [3.63, 3.8) is 0 Å². The van der Waals surface area contributed by atoms with Crippen LogP contribution in [0.15, 0.2) is 44.3 Å². The molecule has 0 saturated carbocycles. The van der Waals surface area contributed by atoms with E-state index in [1.54, 1.807) is 38.1 Å². The number of benzene rings is 1. The van der Waals surface area contributed by atoms with Gasteiger partial charge in [0, 0.05) is 12.7 Å². The van der Waals surface area contributed by atoms with Gasteiger partial charge in [0.25, 0.3) is 5.56 Å². The number of hydrogen-bond donors (Lipinski definition) is 0. The lowest BCUT2D eigenvalue weighted by atomic mass is 10.1. The van der Waals surface area contributed by atoms with Crippen LogP contribution >= 0.6 is 11.6 Å². The Balaban J connectivity index is 1.91. The van der Waals surface area contributed by atoms with Crippen LogP contribution in [0.25, 0.3) is 22.5 Å². The first-order chi connectivity index (χ1) is 15.2. The largest absolute Gasteiger partial charge is 0.465 e. The highest BCUT2D eigenvalue weighted by Gasteiger charge is 2.22. The second kappa shape index (κ2) is 8.08. The first-order valence-electron chi connectivity index (χ1n) is 9.63. The first-order valence-corrected chi connectivity index (χ1v) is 10.0. The fourth-order valence-electron chi connectivity index (χ4n) is 3.49. The third-order valence-corrected chi connectivity index (χ3v) is 5.46. The number of hydrogen-bond acceptors (Lipinski definition) is 7. The van der Waals surface area contributed by atoms with Crippen LogP contribution in [0.5, 0.6) is 0 Å². The van der Waals surface area contributed by atoms with Gasteiger partial charge in [0.2, 0.25) is 5.89 Å². The van der Waals surface area contributed by atoms with E-state index in [2.05, 4.69) is 9.97 Å². The van der Waals surface area contributed by atoms with Crippen molar-refractivity contribution in [3.8, 4) is 11.5 Å². The SMILES string of the molecule is COC(=O)c1cc(C)nc2c1c(=O)n(Cc1nc(-c3ccccc3Cl)oc1C)c(=O)n2C. The lowest BCUT2D eigenvalue weighted by molar-refractivity contribution is 0.0602. The summed E-state index contributed by atoms with van der Waals surface area (Å²) in [6.07, 6.45) is 0. The van der Waals surface area contributed by atoms with Gasteiger partial charge >= 0.3 is 11.7 Å². The first kappa shape index (κ1) is 21.5. The molecule has 0 aliphatic heterocycles. The van der Waals surface area contributed by atoms with E-state index < -0.39 is 17.2 Å². The molecular formula is C22H19ClN4O5. The highest BCUT2D eigenvalue weighted by molar-refractivity contribution is 6.33. The van der Waals surface area contributed by atoms with Gasteiger partial charge in [0.15, 0.2) is 0 Å². The maximum absolute atomic E-state index is 13.3. The lowest BCUT2D eigenvalue weighted by Crippen LogP contribution is -2.40. The average Bonchev–Trinajstić information content (AvgIpc) is 3.14. The smallest absolute Gasteiger partial charge is 0.338 e. The van der Waals surface area contributed by atoms with Crippen molar-refractivity contribution in [1.29, 1.82) is 0 Å². The topological polar surface area (TPSA) is 109 Å². The van der Waals surface area contributed by atoms with E-state index in [0.29, 0.717) is 27.7 Å². The number of fused-ring (bicyclic) bond motifs is 1. The summed E-state index contributed by atoms with van der Waals surface area (Å²) in [5.74, 6) is 0.0203. The summed E-state index contributed by atoms with van der Waals surface area (Å²) >= 11 is 6.23. The van der Waals surface area contributed by atoms with Crippen molar-refractivity contribution in [3.05, 3.63) is 78.9 Å². The summed E-state index contributed by atoms with van der Waals surface area (Å²) in [6, 6.07) is 8.52. The molecule has 0 radical (unpaired) electrons. The van der Waals surface area contributed by atoms with Crippen LogP contribution in [0.1, 0.15) is 27.5 Å². The highest BCUT2D eigenvalue weighted by Crippen LogP contribution is 2.28. The molecule has 0 aliphatic rings. The Labute approximate surface area is 186 Å². The number of carbonyl (C=O) groups is 1. The van der Waals surface area contributed by atoms with E-state index in [4.69, 9.17) is 20.8 Å². The molecule has 0 bridgehead atoms. The van der Waals surface area contributed by atoms with Gasteiger partial charge in [-0.05, 0) is 32.0 Å². The zero-order chi connectivity index (χ0) is 23.2. The van der Waals surface area contributed by atoms with Gasteiger partial charge in [0.05, 0.1) is 35.2 Å². The van der Waals surface area contributed by atoms with Gasteiger partial charge in [-0.2, -0.15) is 0 Å². The van der Waals surface area contributed by atoms with Crippen LogP contribution in [-0.2, 0) is 18.3 Å². The molecule has 32 heavy (non-hydrogen) atoms. The number of halogens is 1. The fourth-order valence-corrected chi connectivity index (χ4v) is 3.71. The Morgan fingerprint density at radius 3 is 2.59 bits per heavy atom. The summed E-state index contributed by atoms with van der Waals surface area (Å²) in [5.41, 5.74) is 0.328. The van der Waals surface area contributed by atoms with Crippen molar-refractivity contribution in [1.82, 2.24) is 19.1 Å². The molecule has 0 saturated heterocycles. The molecule has 0 atom stereocenters. The van der Waals surface area contributed by atoms with E-state index in [-0.39, 0.29) is 29.0 Å². The van der Waals surface area contributed by atoms with Crippen LogP contribution in [-0.4, -0.2) is 32.2 Å². The zero-order valence-corrected chi connectivity index (χ0v) is 18.6. The van der Waals surface area contributed by atoms with Crippen molar-refractivity contribution in [2.75, 3.05) is 7.11 Å². The Hall–Kier alpha value is -3.72. The van der Waals surface area contributed by atoms with E-state index >= 15 is 0 Å². The molecule has 0 aliphatic carbocycles. The van der Waals surface area contributed by atoms with Crippen LogP contribution in [0.2, 0.25) is 5.02 Å². The number of aryl methyl sites for hydroxylation is 3. The minimum absolute atomic E-state index is 0.00275. The normalized spacial score (nSPS) is 11.2. The van der Waals surface area contributed by atoms with Gasteiger partial charge in [-0.15, -0.1) is 0 Å². The molecule has 3 aromatic heterocycles. The molecule has 1 aromatic carbocycles. The third-order valence-electron chi connectivity index (χ3n) is 5.13. The van der Waals surface area contributed by atoms with E-state index in [1.165, 1.54) is 24.8 Å². The number of nitrogens with zero attached hydrogens (tertiary/aromatic N) is 4. The van der Waals surface area contributed by atoms with Gasteiger partial charge < -0.3 is 9.15 Å². The number of carbonyl (C=O) groups excluding carboxylic acids is 1. The Morgan fingerprint density at radius 2 is 1.91 bits per heavy atom. The fraction of sp³-hybridized carbons (Fsp3) is 0.227. The number of rotatable bonds is 4. The van der Waals surface area contributed by atoms with Gasteiger partial charge in [-0.1, -0.05) is 23.7 Å². The van der Waals surface area contributed by atoms with Crippen molar-refractivity contribution >= 4 is 28.6 Å². The van der Waals surface area contributed by atoms with Crippen LogP contribution in [0.3, 0.4) is 0 Å². The number of oxazole rings is 1. The highest BCUT2D eigenvalue weighted by atomic mass is 35.5. The molecule has 0 amide bonds. The molecular weight excluding hydrogens is 436 g/mol. The van der Waals surface area contributed by atoms with Crippen molar-refractivity contribution in [2.45, 2.75) is 20.4 Å². The van der Waals surface area contributed by atoms with Crippen LogP contribution < -0.4 is 11.2 Å². The van der Waals surface area contributed by atoms with E-state index in [9.17, 15) is 14.4 Å². The number of pyridine rings is 1. The molecule has 0 N–H and O–H groups in total. The van der Waals surface area contributed by atoms with Crippen LogP contribution in [0.4, 0.5) is 0 Å². The second-order valence-corrected chi connectivity index (χ2v) is 7.64. The van der Waals surface area contributed by atoms with Crippen molar-refractivity contribution < 1.29 is 13.9 Å². The molecule has 4 aromatic rings.